The van der Waals surface area contributed by atoms with Gasteiger partial charge in [0, 0.05) is 17.2 Å². The molecule has 1 aromatic carbocycles. The topological polar surface area (TPSA) is 49.3 Å². The number of nitrogens with one attached hydrogen (secondary N) is 1. The maximum atomic E-state index is 12.2. The van der Waals surface area contributed by atoms with E-state index >= 15 is 0 Å². The predicted molar refractivity (Wildman–Crippen MR) is 81.5 cm³/mol. The smallest absolute Gasteiger partial charge is 0.251 e. The Morgan fingerprint density at radius 3 is 2.65 bits per heavy atom. The number of aliphatic hydroxyl groups is 1. The lowest BCUT2D eigenvalue weighted by Gasteiger charge is -2.16. The average molecular weight is 273 g/mol. The molecule has 0 aromatic heterocycles. The van der Waals surface area contributed by atoms with Crippen molar-refractivity contribution < 1.29 is 9.90 Å². The lowest BCUT2D eigenvalue weighted by Crippen LogP contribution is -2.33. The summed E-state index contributed by atoms with van der Waals surface area (Å²) in [5, 5.41) is 11.7. The van der Waals surface area contributed by atoms with Crippen molar-refractivity contribution in [2.45, 2.75) is 40.2 Å². The Morgan fingerprint density at radius 1 is 1.35 bits per heavy atom. The first-order valence-corrected chi connectivity index (χ1v) is 6.95. The number of carbonyl (C=O) groups excluding carboxylic acids is 1. The lowest BCUT2D eigenvalue weighted by molar-refractivity contribution is 0.0936. The summed E-state index contributed by atoms with van der Waals surface area (Å²) in [5.74, 6) is 5.95. The van der Waals surface area contributed by atoms with Crippen LogP contribution in [0.1, 0.15) is 48.7 Å². The highest BCUT2D eigenvalue weighted by Gasteiger charge is 2.11. The largest absolute Gasteiger partial charge is 0.384 e. The second-order valence-corrected chi connectivity index (χ2v) is 5.49. The first kappa shape index (κ1) is 16.3. The van der Waals surface area contributed by atoms with Gasteiger partial charge in [-0.15, -0.1) is 0 Å². The first-order valence-electron chi connectivity index (χ1n) is 6.95. The third kappa shape index (κ3) is 5.07. The van der Waals surface area contributed by atoms with Gasteiger partial charge >= 0.3 is 0 Å². The van der Waals surface area contributed by atoms with Gasteiger partial charge in [-0.1, -0.05) is 31.8 Å². The van der Waals surface area contributed by atoms with E-state index in [0.29, 0.717) is 11.5 Å². The summed E-state index contributed by atoms with van der Waals surface area (Å²) in [6, 6.07) is 5.60. The van der Waals surface area contributed by atoms with Gasteiger partial charge in [0.25, 0.3) is 5.91 Å². The van der Waals surface area contributed by atoms with Gasteiger partial charge in [-0.2, -0.15) is 0 Å². The number of aliphatic hydroxyl groups excluding tert-OH is 1. The van der Waals surface area contributed by atoms with E-state index in [9.17, 15) is 4.79 Å². The van der Waals surface area contributed by atoms with Gasteiger partial charge in [-0.3, -0.25) is 4.79 Å². The van der Waals surface area contributed by atoms with Crippen LogP contribution in [0.5, 0.6) is 0 Å². The Balaban J connectivity index is 2.83. The second-order valence-electron chi connectivity index (χ2n) is 5.49. The summed E-state index contributed by atoms with van der Waals surface area (Å²) in [6.07, 6.45) is 0.953. The highest BCUT2D eigenvalue weighted by molar-refractivity contribution is 5.94. The van der Waals surface area contributed by atoms with E-state index in [-0.39, 0.29) is 18.6 Å². The molecule has 1 aromatic rings. The fourth-order valence-corrected chi connectivity index (χ4v) is 2.11. The zero-order chi connectivity index (χ0) is 15.1. The van der Waals surface area contributed by atoms with E-state index in [4.69, 9.17) is 5.11 Å². The van der Waals surface area contributed by atoms with Crippen LogP contribution in [0.4, 0.5) is 0 Å². The van der Waals surface area contributed by atoms with Gasteiger partial charge in [0.05, 0.1) is 0 Å². The maximum Gasteiger partial charge on any atom is 0.251 e. The molecule has 0 fully saturated rings. The summed E-state index contributed by atoms with van der Waals surface area (Å²) in [6.45, 7) is 8.04. The molecule has 0 radical (unpaired) electrons. The number of rotatable bonds is 4. The van der Waals surface area contributed by atoms with Crippen molar-refractivity contribution in [3.05, 3.63) is 34.9 Å². The quantitative estimate of drug-likeness (QED) is 0.828. The van der Waals surface area contributed by atoms with Crippen molar-refractivity contribution in [1.82, 2.24) is 5.32 Å². The molecule has 20 heavy (non-hydrogen) atoms. The summed E-state index contributed by atoms with van der Waals surface area (Å²) < 4.78 is 0. The lowest BCUT2D eigenvalue weighted by atomic mass is 10.0. The van der Waals surface area contributed by atoms with Gasteiger partial charge in [0.1, 0.15) is 6.61 Å². The van der Waals surface area contributed by atoms with Crippen LogP contribution in [0.15, 0.2) is 18.2 Å². The SMILES string of the molecule is Cc1ccc(C(=O)NC(C)CC(C)C)cc1C#CCO. The molecule has 3 heteroatoms. The van der Waals surface area contributed by atoms with Gasteiger partial charge in [-0.25, -0.2) is 0 Å². The summed E-state index contributed by atoms with van der Waals surface area (Å²) in [7, 11) is 0. The number of benzene rings is 1. The van der Waals surface area contributed by atoms with Crippen LogP contribution in [0.25, 0.3) is 0 Å². The van der Waals surface area contributed by atoms with Gasteiger partial charge in [0.2, 0.25) is 0 Å². The van der Waals surface area contributed by atoms with Crippen molar-refractivity contribution in [2.75, 3.05) is 6.61 Å². The number of aryl methyl sites for hydroxylation is 1. The van der Waals surface area contributed by atoms with Crippen LogP contribution in [0, 0.1) is 24.7 Å². The molecule has 0 aliphatic carbocycles. The molecule has 1 rings (SSSR count). The average Bonchev–Trinajstić information content (AvgIpc) is 2.36. The molecular weight excluding hydrogens is 250 g/mol. The van der Waals surface area contributed by atoms with Crippen molar-refractivity contribution in [3.63, 3.8) is 0 Å². The Hall–Kier alpha value is -1.79. The monoisotopic (exact) mass is 273 g/mol. The summed E-state index contributed by atoms with van der Waals surface area (Å²) in [4.78, 5) is 12.2. The number of hydrogen-bond donors (Lipinski definition) is 2. The normalized spacial score (nSPS) is 11.7. The molecule has 0 aliphatic rings. The Labute approximate surface area is 121 Å². The highest BCUT2D eigenvalue weighted by Crippen LogP contribution is 2.11. The predicted octanol–water partition coefficient (Wildman–Crippen LogP) is 2.50. The van der Waals surface area contributed by atoms with E-state index in [0.717, 1.165) is 17.5 Å². The highest BCUT2D eigenvalue weighted by atomic mass is 16.2. The molecule has 1 unspecified atom stereocenters. The molecule has 0 bridgehead atoms. The minimum atomic E-state index is -0.179. The number of hydrogen-bond acceptors (Lipinski definition) is 2. The van der Waals surface area contributed by atoms with Crippen LogP contribution in [0.2, 0.25) is 0 Å². The zero-order valence-electron chi connectivity index (χ0n) is 12.7. The second kappa shape index (κ2) is 7.72. The first-order chi connectivity index (χ1) is 9.43. The zero-order valence-corrected chi connectivity index (χ0v) is 12.7. The van der Waals surface area contributed by atoms with Crippen LogP contribution in [-0.4, -0.2) is 23.7 Å². The Bertz CT molecular complexity index is 524. The minimum absolute atomic E-state index is 0.0785. The molecule has 108 valence electrons. The fraction of sp³-hybridized carbons (Fsp3) is 0.471. The van der Waals surface area contributed by atoms with E-state index in [1.165, 1.54) is 0 Å². The van der Waals surface area contributed by atoms with Gasteiger partial charge < -0.3 is 10.4 Å². The van der Waals surface area contributed by atoms with E-state index in [1.807, 2.05) is 19.9 Å². The summed E-state index contributed by atoms with van der Waals surface area (Å²) in [5.41, 5.74) is 2.38. The third-order valence-corrected chi connectivity index (χ3v) is 3.00. The number of amides is 1. The molecule has 0 saturated carbocycles. The Kier molecular flexibility index (Phi) is 6.27. The van der Waals surface area contributed by atoms with Crippen LogP contribution < -0.4 is 5.32 Å². The number of carbonyl (C=O) groups is 1. The molecular formula is C17H23NO2. The molecule has 0 spiro atoms. The molecule has 0 aliphatic heterocycles. The minimum Gasteiger partial charge on any atom is -0.384 e. The molecule has 1 amide bonds. The maximum absolute atomic E-state index is 12.2. The fourth-order valence-electron chi connectivity index (χ4n) is 2.11. The molecule has 2 N–H and O–H groups in total. The molecule has 0 heterocycles. The van der Waals surface area contributed by atoms with E-state index in [2.05, 4.69) is 31.0 Å². The van der Waals surface area contributed by atoms with Crippen LogP contribution >= 0.6 is 0 Å². The Morgan fingerprint density at radius 2 is 2.05 bits per heavy atom. The van der Waals surface area contributed by atoms with Gasteiger partial charge in [-0.05, 0) is 43.9 Å². The van der Waals surface area contributed by atoms with Gasteiger partial charge in [0.15, 0.2) is 0 Å². The van der Waals surface area contributed by atoms with E-state index in [1.54, 1.807) is 12.1 Å². The van der Waals surface area contributed by atoms with Crippen LogP contribution in [-0.2, 0) is 0 Å². The van der Waals surface area contributed by atoms with Crippen molar-refractivity contribution in [3.8, 4) is 11.8 Å². The van der Waals surface area contributed by atoms with E-state index < -0.39 is 0 Å². The van der Waals surface area contributed by atoms with Crippen molar-refractivity contribution in [1.29, 1.82) is 0 Å². The molecule has 3 nitrogen and oxygen atoms in total. The third-order valence-electron chi connectivity index (χ3n) is 3.00. The molecule has 0 saturated heterocycles. The van der Waals surface area contributed by atoms with Crippen LogP contribution in [0.3, 0.4) is 0 Å². The van der Waals surface area contributed by atoms with Crippen molar-refractivity contribution >= 4 is 5.91 Å². The standard InChI is InChI=1S/C17H23NO2/c1-12(2)10-14(4)18-17(20)16-8-7-13(3)15(11-16)6-5-9-19/h7-8,11-12,14,19H,9-10H2,1-4H3,(H,18,20). The molecule has 1 atom stereocenters. The summed E-state index contributed by atoms with van der Waals surface area (Å²) >= 11 is 0. The van der Waals surface area contributed by atoms with Crippen molar-refractivity contribution in [2.24, 2.45) is 5.92 Å².